The number of methoxy groups -OCH3 is 2. The van der Waals surface area contributed by atoms with E-state index in [9.17, 15) is 0 Å². The van der Waals surface area contributed by atoms with E-state index >= 15 is 0 Å². The number of aromatic nitrogens is 2. The van der Waals surface area contributed by atoms with Gasteiger partial charge in [0.05, 0.1) is 32.0 Å². The molecule has 112 valence electrons. The van der Waals surface area contributed by atoms with Crippen molar-refractivity contribution in [3.63, 3.8) is 0 Å². The molecule has 1 N–H and O–H groups in total. The molecule has 0 unspecified atom stereocenters. The molecule has 0 saturated carbocycles. The smallest absolute Gasteiger partial charge is 0.162 e. The second-order valence-electron chi connectivity index (χ2n) is 4.76. The van der Waals surface area contributed by atoms with Gasteiger partial charge in [-0.3, -0.25) is 0 Å². The van der Waals surface area contributed by atoms with Crippen LogP contribution >= 0.6 is 0 Å². The Morgan fingerprint density at radius 1 is 0.955 bits per heavy atom. The fourth-order valence-electron chi connectivity index (χ4n) is 2.32. The molecule has 0 atom stereocenters. The standard InChI is InChI=1S/C17H17N3O2/c1-21-16-8-13-14(9-17(16)22-2)19-11-20-15(13)10-18-12-6-4-3-5-7-12/h3-9,11,18H,10H2,1-2H3. The first-order valence-corrected chi connectivity index (χ1v) is 6.96. The zero-order chi connectivity index (χ0) is 15.4. The van der Waals surface area contributed by atoms with Crippen LogP contribution in [0.2, 0.25) is 0 Å². The van der Waals surface area contributed by atoms with Crippen LogP contribution in [0.1, 0.15) is 5.69 Å². The Hall–Kier alpha value is -2.82. The van der Waals surface area contributed by atoms with Crippen LogP contribution in [0.25, 0.3) is 10.9 Å². The molecule has 3 rings (SSSR count). The van der Waals surface area contributed by atoms with Gasteiger partial charge < -0.3 is 14.8 Å². The summed E-state index contributed by atoms with van der Waals surface area (Å²) in [6.45, 7) is 0.610. The second-order valence-corrected chi connectivity index (χ2v) is 4.76. The predicted octanol–water partition coefficient (Wildman–Crippen LogP) is 3.26. The van der Waals surface area contributed by atoms with Crippen molar-refractivity contribution in [2.75, 3.05) is 19.5 Å². The van der Waals surface area contributed by atoms with Gasteiger partial charge in [-0.25, -0.2) is 9.97 Å². The molecule has 0 radical (unpaired) electrons. The molecule has 1 aromatic heterocycles. The minimum atomic E-state index is 0.610. The monoisotopic (exact) mass is 295 g/mol. The van der Waals surface area contributed by atoms with Crippen molar-refractivity contribution < 1.29 is 9.47 Å². The highest BCUT2D eigenvalue weighted by molar-refractivity contribution is 5.84. The quantitative estimate of drug-likeness (QED) is 0.783. The third kappa shape index (κ3) is 2.79. The second kappa shape index (κ2) is 6.30. The van der Waals surface area contributed by atoms with Gasteiger partial charge in [0.2, 0.25) is 0 Å². The van der Waals surface area contributed by atoms with Crippen LogP contribution in [-0.2, 0) is 6.54 Å². The lowest BCUT2D eigenvalue weighted by Gasteiger charge is -2.11. The average Bonchev–Trinajstić information content (AvgIpc) is 2.59. The molecule has 3 aromatic rings. The number of ether oxygens (including phenoxy) is 2. The topological polar surface area (TPSA) is 56.3 Å². The number of hydrogen-bond donors (Lipinski definition) is 1. The van der Waals surface area contributed by atoms with Gasteiger partial charge in [0, 0.05) is 17.1 Å². The molecule has 0 aliphatic rings. The Kier molecular flexibility index (Phi) is 4.05. The van der Waals surface area contributed by atoms with Crippen LogP contribution < -0.4 is 14.8 Å². The lowest BCUT2D eigenvalue weighted by atomic mass is 10.1. The summed E-state index contributed by atoms with van der Waals surface area (Å²) >= 11 is 0. The van der Waals surface area contributed by atoms with Crippen molar-refractivity contribution in [3.8, 4) is 11.5 Å². The van der Waals surface area contributed by atoms with E-state index in [-0.39, 0.29) is 0 Å². The van der Waals surface area contributed by atoms with Crippen LogP contribution in [0.3, 0.4) is 0 Å². The van der Waals surface area contributed by atoms with Crippen LogP contribution in [0.5, 0.6) is 11.5 Å². The molecular formula is C17H17N3O2. The van der Waals surface area contributed by atoms with Gasteiger partial charge in [-0.15, -0.1) is 0 Å². The van der Waals surface area contributed by atoms with Crippen LogP contribution in [0, 0.1) is 0 Å². The molecule has 0 aliphatic carbocycles. The van der Waals surface area contributed by atoms with E-state index in [2.05, 4.69) is 15.3 Å². The largest absolute Gasteiger partial charge is 0.493 e. The summed E-state index contributed by atoms with van der Waals surface area (Å²) < 4.78 is 10.7. The number of anilines is 1. The van der Waals surface area contributed by atoms with Crippen molar-refractivity contribution >= 4 is 16.6 Å². The van der Waals surface area contributed by atoms with E-state index in [4.69, 9.17) is 9.47 Å². The molecular weight excluding hydrogens is 278 g/mol. The lowest BCUT2D eigenvalue weighted by Crippen LogP contribution is -2.03. The van der Waals surface area contributed by atoms with E-state index in [1.165, 1.54) is 0 Å². The predicted molar refractivity (Wildman–Crippen MR) is 86.4 cm³/mol. The molecule has 22 heavy (non-hydrogen) atoms. The molecule has 0 amide bonds. The fraction of sp³-hybridized carbons (Fsp3) is 0.176. The maximum atomic E-state index is 5.36. The van der Waals surface area contributed by atoms with Crippen molar-refractivity contribution in [2.45, 2.75) is 6.54 Å². The highest BCUT2D eigenvalue weighted by Gasteiger charge is 2.10. The van der Waals surface area contributed by atoms with Crippen LogP contribution in [0.15, 0.2) is 48.8 Å². The molecule has 1 heterocycles. The summed E-state index contributed by atoms with van der Waals surface area (Å²) in [5, 5.41) is 4.30. The van der Waals surface area contributed by atoms with E-state index in [0.29, 0.717) is 18.0 Å². The molecule has 0 spiro atoms. The fourth-order valence-corrected chi connectivity index (χ4v) is 2.32. The Labute approximate surface area is 128 Å². The van der Waals surface area contributed by atoms with Gasteiger partial charge in [-0.2, -0.15) is 0 Å². The van der Waals surface area contributed by atoms with E-state index < -0.39 is 0 Å². The zero-order valence-electron chi connectivity index (χ0n) is 12.5. The lowest BCUT2D eigenvalue weighted by molar-refractivity contribution is 0.355. The maximum absolute atomic E-state index is 5.36. The SMILES string of the molecule is COc1cc2ncnc(CNc3ccccc3)c2cc1OC. The number of nitrogens with one attached hydrogen (secondary N) is 1. The molecule has 0 saturated heterocycles. The van der Waals surface area contributed by atoms with Gasteiger partial charge in [0.25, 0.3) is 0 Å². The molecule has 0 aliphatic heterocycles. The number of para-hydroxylation sites is 1. The molecule has 5 nitrogen and oxygen atoms in total. The average molecular weight is 295 g/mol. The molecule has 0 bridgehead atoms. The molecule has 5 heteroatoms. The van der Waals surface area contributed by atoms with Gasteiger partial charge in [0.1, 0.15) is 6.33 Å². The molecule has 2 aromatic carbocycles. The Morgan fingerprint density at radius 2 is 1.68 bits per heavy atom. The Morgan fingerprint density at radius 3 is 2.41 bits per heavy atom. The first-order chi connectivity index (χ1) is 10.8. The van der Waals surface area contributed by atoms with E-state index in [1.54, 1.807) is 20.5 Å². The third-order valence-corrected chi connectivity index (χ3v) is 3.46. The van der Waals surface area contributed by atoms with Crippen LogP contribution in [-0.4, -0.2) is 24.2 Å². The van der Waals surface area contributed by atoms with Crippen molar-refractivity contribution in [1.29, 1.82) is 0 Å². The highest BCUT2D eigenvalue weighted by Crippen LogP contribution is 2.32. The minimum absolute atomic E-state index is 0.610. The Balaban J connectivity index is 1.95. The number of benzene rings is 2. The molecule has 0 fully saturated rings. The normalized spacial score (nSPS) is 10.5. The number of hydrogen-bond acceptors (Lipinski definition) is 5. The van der Waals surface area contributed by atoms with Gasteiger partial charge >= 0.3 is 0 Å². The van der Waals surface area contributed by atoms with Gasteiger partial charge in [0.15, 0.2) is 11.5 Å². The summed E-state index contributed by atoms with van der Waals surface area (Å²) in [6, 6.07) is 13.8. The summed E-state index contributed by atoms with van der Waals surface area (Å²) in [5.41, 5.74) is 2.79. The first kappa shape index (κ1) is 14.1. The first-order valence-electron chi connectivity index (χ1n) is 6.96. The third-order valence-electron chi connectivity index (χ3n) is 3.46. The Bertz CT molecular complexity index is 775. The summed E-state index contributed by atoms with van der Waals surface area (Å²) in [7, 11) is 3.23. The number of fused-ring (bicyclic) bond motifs is 1. The minimum Gasteiger partial charge on any atom is -0.493 e. The highest BCUT2D eigenvalue weighted by atomic mass is 16.5. The van der Waals surface area contributed by atoms with Crippen molar-refractivity contribution in [2.24, 2.45) is 0 Å². The van der Waals surface area contributed by atoms with E-state index in [1.807, 2.05) is 42.5 Å². The van der Waals surface area contributed by atoms with Gasteiger partial charge in [-0.1, -0.05) is 18.2 Å². The summed E-state index contributed by atoms with van der Waals surface area (Å²) in [4.78, 5) is 8.69. The maximum Gasteiger partial charge on any atom is 0.162 e. The van der Waals surface area contributed by atoms with Crippen LogP contribution in [0.4, 0.5) is 5.69 Å². The van der Waals surface area contributed by atoms with E-state index in [0.717, 1.165) is 22.3 Å². The zero-order valence-corrected chi connectivity index (χ0v) is 12.5. The number of nitrogens with zero attached hydrogens (tertiary/aromatic N) is 2. The summed E-state index contributed by atoms with van der Waals surface area (Å²) in [5.74, 6) is 1.33. The van der Waals surface area contributed by atoms with Gasteiger partial charge in [-0.05, 0) is 18.2 Å². The van der Waals surface area contributed by atoms with Crippen molar-refractivity contribution in [3.05, 3.63) is 54.5 Å². The summed E-state index contributed by atoms with van der Waals surface area (Å²) in [6.07, 6.45) is 1.57. The van der Waals surface area contributed by atoms with Crippen molar-refractivity contribution in [1.82, 2.24) is 9.97 Å². The number of rotatable bonds is 5.